The summed E-state index contributed by atoms with van der Waals surface area (Å²) in [5.41, 5.74) is -1.48. The lowest BCUT2D eigenvalue weighted by Crippen LogP contribution is -2.57. The van der Waals surface area contributed by atoms with Gasteiger partial charge in [0.05, 0.1) is 12.5 Å². The van der Waals surface area contributed by atoms with Crippen LogP contribution >= 0.6 is 11.3 Å². The molecular formula is C15H19NO5S. The summed E-state index contributed by atoms with van der Waals surface area (Å²) in [4.78, 5) is 36.7. The van der Waals surface area contributed by atoms with Gasteiger partial charge in [0.1, 0.15) is 11.7 Å². The number of nitro groups is 1. The van der Waals surface area contributed by atoms with Gasteiger partial charge in [-0.25, -0.2) is 0 Å². The lowest BCUT2D eigenvalue weighted by Gasteiger charge is -2.39. The molecule has 0 bridgehead atoms. The van der Waals surface area contributed by atoms with E-state index in [1.165, 1.54) is 11.3 Å². The van der Waals surface area contributed by atoms with E-state index in [1.807, 2.05) is 5.38 Å². The molecule has 0 radical (unpaired) electrons. The highest BCUT2D eigenvalue weighted by Gasteiger charge is 2.62. The first-order chi connectivity index (χ1) is 10.5. The molecule has 0 aliphatic heterocycles. The number of nitrogens with zero attached hydrogens (tertiary/aromatic N) is 1. The summed E-state index contributed by atoms with van der Waals surface area (Å²) in [5.74, 6) is -2.37. The third-order valence-electron chi connectivity index (χ3n) is 4.43. The van der Waals surface area contributed by atoms with Gasteiger partial charge in [0.2, 0.25) is 5.54 Å². The zero-order valence-corrected chi connectivity index (χ0v) is 13.4. The summed E-state index contributed by atoms with van der Waals surface area (Å²) in [6, 6.07) is 3.60. The van der Waals surface area contributed by atoms with Crippen molar-refractivity contribution in [2.24, 2.45) is 5.92 Å². The van der Waals surface area contributed by atoms with Crippen molar-refractivity contribution >= 4 is 23.1 Å². The van der Waals surface area contributed by atoms with Crippen LogP contribution in [0.1, 0.15) is 43.9 Å². The van der Waals surface area contributed by atoms with Gasteiger partial charge in [-0.1, -0.05) is 13.0 Å². The molecule has 0 amide bonds. The Kier molecular flexibility index (Phi) is 4.95. The number of carbonyl (C=O) groups is 2. The molecule has 1 aliphatic carbocycles. The molecule has 0 unspecified atom stereocenters. The largest absolute Gasteiger partial charge is 0.466 e. The van der Waals surface area contributed by atoms with E-state index in [0.29, 0.717) is 0 Å². The molecule has 2 rings (SSSR count). The van der Waals surface area contributed by atoms with Crippen molar-refractivity contribution in [2.75, 3.05) is 6.61 Å². The quantitative estimate of drug-likeness (QED) is 0.472. The van der Waals surface area contributed by atoms with Crippen LogP contribution in [0, 0.1) is 16.0 Å². The van der Waals surface area contributed by atoms with Gasteiger partial charge in [-0.05, 0) is 18.4 Å². The first-order valence-corrected chi connectivity index (χ1v) is 8.21. The molecule has 1 aromatic rings. The molecule has 22 heavy (non-hydrogen) atoms. The van der Waals surface area contributed by atoms with Gasteiger partial charge in [-0.2, -0.15) is 0 Å². The van der Waals surface area contributed by atoms with Crippen LogP contribution in [0.5, 0.6) is 0 Å². The van der Waals surface area contributed by atoms with Gasteiger partial charge in [0.15, 0.2) is 0 Å². The van der Waals surface area contributed by atoms with Crippen molar-refractivity contribution in [3.63, 3.8) is 0 Å². The second kappa shape index (κ2) is 6.56. The molecule has 1 aromatic heterocycles. The monoisotopic (exact) mass is 325 g/mol. The Bertz CT molecular complexity index is 570. The van der Waals surface area contributed by atoms with Crippen molar-refractivity contribution < 1.29 is 19.2 Å². The maximum absolute atomic E-state index is 12.3. The number of Topliss-reactive ketones (excluding diaryl/α,β-unsaturated/α-hetero) is 1. The predicted octanol–water partition coefficient (Wildman–Crippen LogP) is 2.80. The summed E-state index contributed by atoms with van der Waals surface area (Å²) < 4.78 is 5.01. The zero-order chi connectivity index (χ0) is 16.3. The molecule has 0 spiro atoms. The normalized spacial score (nSPS) is 28.4. The minimum atomic E-state index is -1.48. The fourth-order valence-electron chi connectivity index (χ4n) is 3.38. The Hall–Kier alpha value is -1.76. The number of ketones is 1. The molecule has 1 saturated carbocycles. The Balaban J connectivity index is 2.53. The number of hydrogen-bond acceptors (Lipinski definition) is 6. The second-order valence-corrected chi connectivity index (χ2v) is 6.40. The van der Waals surface area contributed by atoms with E-state index in [4.69, 9.17) is 4.74 Å². The molecule has 1 heterocycles. The van der Waals surface area contributed by atoms with Gasteiger partial charge in [-0.3, -0.25) is 19.7 Å². The van der Waals surface area contributed by atoms with Crippen LogP contribution in [-0.2, 0) is 14.3 Å². The van der Waals surface area contributed by atoms with Crippen molar-refractivity contribution in [3.8, 4) is 0 Å². The molecular weight excluding hydrogens is 306 g/mol. The minimum absolute atomic E-state index is 0.102. The van der Waals surface area contributed by atoms with Crippen LogP contribution in [0.3, 0.4) is 0 Å². The average molecular weight is 325 g/mol. The highest BCUT2D eigenvalue weighted by atomic mass is 32.1. The molecule has 120 valence electrons. The molecule has 1 aliphatic rings. The smallest absolute Gasteiger partial charge is 0.316 e. The number of rotatable bonds is 5. The van der Waals surface area contributed by atoms with E-state index < -0.39 is 23.3 Å². The SMILES string of the molecule is CCOC(=O)[C@@H]1CC(=O)C[C@H](c2cccs2)[C@]1(CC)[N+](=O)[O-]. The van der Waals surface area contributed by atoms with Crippen molar-refractivity contribution in [3.05, 3.63) is 32.5 Å². The fourth-order valence-corrected chi connectivity index (χ4v) is 4.30. The fraction of sp³-hybridized carbons (Fsp3) is 0.600. The number of ether oxygens (including phenoxy) is 1. The lowest BCUT2D eigenvalue weighted by molar-refractivity contribution is -0.585. The van der Waals surface area contributed by atoms with E-state index in [0.717, 1.165) is 4.88 Å². The van der Waals surface area contributed by atoms with Gasteiger partial charge in [0, 0.05) is 29.1 Å². The average Bonchev–Trinajstić information content (AvgIpc) is 3.00. The van der Waals surface area contributed by atoms with Gasteiger partial charge in [0.25, 0.3) is 0 Å². The summed E-state index contributed by atoms with van der Waals surface area (Å²) in [5, 5.41) is 13.8. The molecule has 0 aromatic carbocycles. The van der Waals surface area contributed by atoms with Crippen molar-refractivity contribution in [1.29, 1.82) is 0 Å². The Morgan fingerprint density at radius 1 is 1.50 bits per heavy atom. The Labute approximate surface area is 132 Å². The Morgan fingerprint density at radius 3 is 2.73 bits per heavy atom. The third kappa shape index (κ3) is 2.65. The topological polar surface area (TPSA) is 86.5 Å². The molecule has 1 fully saturated rings. The first-order valence-electron chi connectivity index (χ1n) is 7.33. The maximum atomic E-state index is 12.3. The molecule has 3 atom stereocenters. The lowest BCUT2D eigenvalue weighted by atomic mass is 9.64. The Morgan fingerprint density at radius 2 is 2.23 bits per heavy atom. The maximum Gasteiger partial charge on any atom is 0.316 e. The second-order valence-electron chi connectivity index (χ2n) is 5.42. The highest BCUT2D eigenvalue weighted by molar-refractivity contribution is 7.10. The number of carbonyl (C=O) groups excluding carboxylic acids is 2. The first kappa shape index (κ1) is 16.6. The summed E-state index contributed by atoms with van der Waals surface area (Å²) in [6.07, 6.45) is 0.167. The van der Waals surface area contributed by atoms with E-state index in [9.17, 15) is 19.7 Å². The van der Waals surface area contributed by atoms with Crippen LogP contribution in [0.15, 0.2) is 17.5 Å². The van der Waals surface area contributed by atoms with Crippen LogP contribution in [0.2, 0.25) is 0 Å². The van der Waals surface area contributed by atoms with Crippen molar-refractivity contribution in [1.82, 2.24) is 0 Å². The number of thiophene rings is 1. The summed E-state index contributed by atoms with van der Waals surface area (Å²) in [6.45, 7) is 3.50. The molecule has 7 heteroatoms. The third-order valence-corrected chi connectivity index (χ3v) is 5.42. The van der Waals surface area contributed by atoms with E-state index >= 15 is 0 Å². The van der Waals surface area contributed by atoms with E-state index in [1.54, 1.807) is 26.0 Å². The van der Waals surface area contributed by atoms with E-state index in [-0.39, 0.29) is 36.6 Å². The minimum Gasteiger partial charge on any atom is -0.466 e. The molecule has 0 saturated heterocycles. The predicted molar refractivity (Wildman–Crippen MR) is 81.4 cm³/mol. The van der Waals surface area contributed by atoms with Crippen LogP contribution in [0.4, 0.5) is 0 Å². The van der Waals surface area contributed by atoms with Crippen LogP contribution < -0.4 is 0 Å². The van der Waals surface area contributed by atoms with Crippen LogP contribution in [-0.4, -0.2) is 28.8 Å². The standard InChI is InChI=1S/C15H19NO5S/c1-3-15(16(19)20)11(13-6-5-7-22-13)8-10(17)9-12(15)14(18)21-4-2/h5-7,11-12H,3-4,8-9H2,1-2H3/t11-,12+,15+/m1/s1. The van der Waals surface area contributed by atoms with Gasteiger partial charge < -0.3 is 4.74 Å². The summed E-state index contributed by atoms with van der Waals surface area (Å²) in [7, 11) is 0. The number of esters is 1. The number of hydrogen-bond donors (Lipinski definition) is 0. The zero-order valence-electron chi connectivity index (χ0n) is 12.6. The van der Waals surface area contributed by atoms with Gasteiger partial charge in [-0.15, -0.1) is 11.3 Å². The highest BCUT2D eigenvalue weighted by Crippen LogP contribution is 2.48. The van der Waals surface area contributed by atoms with Crippen molar-refractivity contribution in [2.45, 2.75) is 44.6 Å². The van der Waals surface area contributed by atoms with Crippen LogP contribution in [0.25, 0.3) is 0 Å². The molecule has 0 N–H and O–H groups in total. The van der Waals surface area contributed by atoms with E-state index in [2.05, 4.69) is 0 Å². The van der Waals surface area contributed by atoms with Gasteiger partial charge >= 0.3 is 5.97 Å². The molecule has 6 nitrogen and oxygen atoms in total. The summed E-state index contributed by atoms with van der Waals surface area (Å²) >= 11 is 1.38.